The first-order valence-corrected chi connectivity index (χ1v) is 10.1. The van der Waals surface area contributed by atoms with Gasteiger partial charge in [0, 0.05) is 34.6 Å². The summed E-state index contributed by atoms with van der Waals surface area (Å²) >= 11 is 1.55. The van der Waals surface area contributed by atoms with Crippen LogP contribution in [0.2, 0.25) is 0 Å². The van der Waals surface area contributed by atoms with Crippen LogP contribution in [0.25, 0.3) is 22.2 Å². The van der Waals surface area contributed by atoms with Gasteiger partial charge in [-0.1, -0.05) is 18.2 Å². The third-order valence-corrected chi connectivity index (χ3v) is 5.64. The normalized spacial score (nSPS) is 13.6. The fourth-order valence-corrected chi connectivity index (χ4v) is 3.96. The minimum Gasteiger partial charge on any atom is -0.455 e. The predicted octanol–water partition coefficient (Wildman–Crippen LogP) is 4.99. The number of hydrogen-bond donors (Lipinski definition) is 0. The number of nitrogens with zero attached hydrogens (tertiary/aromatic N) is 3. The van der Waals surface area contributed by atoms with Gasteiger partial charge in [0.1, 0.15) is 11.6 Å². The Kier molecular flexibility index (Phi) is 4.33. The van der Waals surface area contributed by atoms with Crippen molar-refractivity contribution in [3.05, 3.63) is 76.5 Å². The van der Waals surface area contributed by atoms with E-state index in [-0.39, 0.29) is 12.6 Å². The van der Waals surface area contributed by atoms with E-state index in [1.54, 1.807) is 29.8 Å². The van der Waals surface area contributed by atoms with Gasteiger partial charge >= 0.3 is 5.97 Å². The van der Waals surface area contributed by atoms with Crippen molar-refractivity contribution >= 4 is 28.2 Å². The topological polar surface area (TPSA) is 65.0 Å². The number of pyridine rings is 2. The van der Waals surface area contributed by atoms with Crippen LogP contribution in [0.3, 0.4) is 0 Å². The van der Waals surface area contributed by atoms with Gasteiger partial charge in [0.15, 0.2) is 0 Å². The van der Waals surface area contributed by atoms with Crippen LogP contribution >= 0.6 is 11.3 Å². The Balaban J connectivity index is 1.45. The van der Waals surface area contributed by atoms with E-state index < -0.39 is 0 Å². The van der Waals surface area contributed by atoms with E-state index in [0.717, 1.165) is 32.9 Å². The molecule has 0 N–H and O–H groups in total. The lowest BCUT2D eigenvalue weighted by molar-refractivity contribution is 0.0474. The lowest BCUT2D eigenvalue weighted by Crippen LogP contribution is -2.07. The number of thiazole rings is 1. The minimum absolute atomic E-state index is 0.192. The molecule has 4 aromatic rings. The Hall–Kier alpha value is -3.12. The van der Waals surface area contributed by atoms with Crippen molar-refractivity contribution in [3.63, 3.8) is 0 Å². The zero-order chi connectivity index (χ0) is 18.9. The summed E-state index contributed by atoms with van der Waals surface area (Å²) in [6.45, 7) is 0.192. The molecule has 0 atom stereocenters. The van der Waals surface area contributed by atoms with Crippen molar-refractivity contribution < 1.29 is 9.53 Å². The van der Waals surface area contributed by atoms with Crippen LogP contribution in [0.4, 0.5) is 0 Å². The van der Waals surface area contributed by atoms with E-state index in [9.17, 15) is 4.79 Å². The Morgan fingerprint density at radius 3 is 2.75 bits per heavy atom. The van der Waals surface area contributed by atoms with Gasteiger partial charge < -0.3 is 4.74 Å². The molecule has 3 aromatic heterocycles. The van der Waals surface area contributed by atoms with E-state index in [4.69, 9.17) is 9.72 Å². The standard InChI is InChI=1S/C22H17N3O2S/c26-22(27-12-21-25-20(13-28-21)14-5-6-14)17-11-19(15-7-9-23-10-8-15)24-18-4-2-1-3-16(17)18/h1-4,7-11,13-14H,5-6,12H2. The average molecular weight is 387 g/mol. The number of carbonyl (C=O) groups excluding carboxylic acids is 1. The van der Waals surface area contributed by atoms with Gasteiger partial charge in [0.05, 0.1) is 22.5 Å². The molecule has 0 radical (unpaired) electrons. The number of para-hydroxylation sites is 1. The summed E-state index contributed by atoms with van der Waals surface area (Å²) in [6, 6.07) is 13.1. The molecule has 0 spiro atoms. The zero-order valence-corrected chi connectivity index (χ0v) is 15.9. The molecule has 1 fully saturated rings. The Labute approximate surface area is 166 Å². The van der Waals surface area contributed by atoms with Crippen LogP contribution in [0.15, 0.2) is 60.2 Å². The van der Waals surface area contributed by atoms with Crippen molar-refractivity contribution in [3.8, 4) is 11.3 Å². The highest BCUT2D eigenvalue weighted by Crippen LogP contribution is 2.40. The lowest BCUT2D eigenvalue weighted by Gasteiger charge is -2.09. The minimum atomic E-state index is -0.364. The molecule has 0 unspecified atom stereocenters. The summed E-state index contributed by atoms with van der Waals surface area (Å²) in [6.07, 6.45) is 5.85. The fraction of sp³-hybridized carbons (Fsp3) is 0.182. The molecule has 1 aliphatic carbocycles. The van der Waals surface area contributed by atoms with Crippen molar-refractivity contribution in [1.82, 2.24) is 15.0 Å². The number of aromatic nitrogens is 3. The van der Waals surface area contributed by atoms with Crippen molar-refractivity contribution in [2.45, 2.75) is 25.4 Å². The summed E-state index contributed by atoms with van der Waals surface area (Å²) in [5.74, 6) is 0.241. The van der Waals surface area contributed by atoms with Crippen LogP contribution in [-0.2, 0) is 11.3 Å². The molecule has 28 heavy (non-hydrogen) atoms. The number of carbonyl (C=O) groups is 1. The highest BCUT2D eigenvalue weighted by atomic mass is 32.1. The van der Waals surface area contributed by atoms with Crippen LogP contribution < -0.4 is 0 Å². The van der Waals surface area contributed by atoms with Crippen LogP contribution in [0.1, 0.15) is 39.8 Å². The molecule has 0 amide bonds. The summed E-state index contributed by atoms with van der Waals surface area (Å²) in [5, 5.41) is 3.69. The summed E-state index contributed by atoms with van der Waals surface area (Å²) in [5.41, 5.74) is 4.03. The number of esters is 1. The quantitative estimate of drug-likeness (QED) is 0.452. The molecule has 1 saturated carbocycles. The summed E-state index contributed by atoms with van der Waals surface area (Å²) in [4.78, 5) is 26.2. The second kappa shape index (κ2) is 7.13. The van der Waals surface area contributed by atoms with Crippen molar-refractivity contribution in [2.24, 2.45) is 0 Å². The average Bonchev–Trinajstić information content (AvgIpc) is 3.50. The van der Waals surface area contributed by atoms with Gasteiger partial charge in [-0.2, -0.15) is 0 Å². The number of ether oxygens (including phenoxy) is 1. The largest absolute Gasteiger partial charge is 0.455 e. The second-order valence-electron chi connectivity index (χ2n) is 6.82. The van der Waals surface area contributed by atoms with Gasteiger partial charge in [0.2, 0.25) is 0 Å². The zero-order valence-electron chi connectivity index (χ0n) is 15.0. The number of hydrogen-bond acceptors (Lipinski definition) is 6. The molecular weight excluding hydrogens is 370 g/mol. The third-order valence-electron chi connectivity index (χ3n) is 4.80. The molecule has 5 nitrogen and oxygen atoms in total. The molecule has 138 valence electrons. The molecule has 0 bridgehead atoms. The third kappa shape index (κ3) is 3.39. The van der Waals surface area contributed by atoms with Gasteiger partial charge in [-0.15, -0.1) is 11.3 Å². The first kappa shape index (κ1) is 17.0. The SMILES string of the molecule is O=C(OCc1nc(C2CC2)cs1)c1cc(-c2ccncc2)nc2ccccc12. The molecular formula is C22H17N3O2S. The molecule has 6 heteroatoms. The van der Waals surface area contributed by atoms with Gasteiger partial charge in [-0.3, -0.25) is 4.98 Å². The van der Waals surface area contributed by atoms with Crippen LogP contribution in [-0.4, -0.2) is 20.9 Å². The first-order chi connectivity index (χ1) is 13.8. The molecule has 1 aromatic carbocycles. The number of benzene rings is 1. The smallest absolute Gasteiger partial charge is 0.339 e. The Bertz CT molecular complexity index is 1150. The lowest BCUT2D eigenvalue weighted by atomic mass is 10.0. The summed E-state index contributed by atoms with van der Waals surface area (Å²) in [7, 11) is 0. The maximum atomic E-state index is 12.9. The van der Waals surface area contributed by atoms with Gasteiger partial charge in [-0.05, 0) is 37.1 Å². The van der Waals surface area contributed by atoms with Gasteiger partial charge in [0.25, 0.3) is 0 Å². The van der Waals surface area contributed by atoms with E-state index in [1.165, 1.54) is 12.8 Å². The number of fused-ring (bicyclic) bond motifs is 1. The Morgan fingerprint density at radius 1 is 1.11 bits per heavy atom. The highest BCUT2D eigenvalue weighted by Gasteiger charge is 2.26. The van der Waals surface area contributed by atoms with E-state index in [2.05, 4.69) is 15.3 Å². The van der Waals surface area contributed by atoms with Gasteiger partial charge in [-0.25, -0.2) is 14.8 Å². The van der Waals surface area contributed by atoms with Crippen LogP contribution in [0, 0.1) is 0 Å². The molecule has 0 aliphatic heterocycles. The first-order valence-electron chi connectivity index (χ1n) is 9.19. The Morgan fingerprint density at radius 2 is 1.93 bits per heavy atom. The fourth-order valence-electron chi connectivity index (χ4n) is 3.18. The van der Waals surface area contributed by atoms with E-state index in [0.29, 0.717) is 11.5 Å². The van der Waals surface area contributed by atoms with E-state index >= 15 is 0 Å². The molecule has 0 saturated heterocycles. The summed E-state index contributed by atoms with van der Waals surface area (Å²) < 4.78 is 5.60. The van der Waals surface area contributed by atoms with Crippen molar-refractivity contribution in [1.29, 1.82) is 0 Å². The maximum absolute atomic E-state index is 12.9. The van der Waals surface area contributed by atoms with Crippen LogP contribution in [0.5, 0.6) is 0 Å². The second-order valence-corrected chi connectivity index (χ2v) is 7.77. The van der Waals surface area contributed by atoms with Crippen molar-refractivity contribution in [2.75, 3.05) is 0 Å². The monoisotopic (exact) mass is 387 g/mol. The predicted molar refractivity (Wildman–Crippen MR) is 108 cm³/mol. The molecule has 5 rings (SSSR count). The van der Waals surface area contributed by atoms with E-state index in [1.807, 2.05) is 36.4 Å². The maximum Gasteiger partial charge on any atom is 0.339 e. The highest BCUT2D eigenvalue weighted by molar-refractivity contribution is 7.09. The molecule has 1 aliphatic rings. The number of rotatable bonds is 5. The molecule has 3 heterocycles.